The second kappa shape index (κ2) is 2.10. The molecular formula is C9H11ClO. The van der Waals surface area contributed by atoms with Crippen LogP contribution in [0, 0.1) is 17.3 Å². The molecule has 2 heteroatoms. The van der Waals surface area contributed by atoms with Gasteiger partial charge in [-0.05, 0) is 36.3 Å². The Bertz CT molecular complexity index is 234. The summed E-state index contributed by atoms with van der Waals surface area (Å²) < 4.78 is 0. The summed E-state index contributed by atoms with van der Waals surface area (Å²) >= 11 is 5.57. The molecule has 0 aromatic carbocycles. The van der Waals surface area contributed by atoms with E-state index in [1.807, 2.05) is 6.08 Å². The summed E-state index contributed by atoms with van der Waals surface area (Å²) in [4.78, 5) is 11.2. The minimum atomic E-state index is -0.285. The fourth-order valence-corrected chi connectivity index (χ4v) is 2.74. The zero-order valence-electron chi connectivity index (χ0n) is 6.51. The molecule has 0 saturated heterocycles. The van der Waals surface area contributed by atoms with E-state index in [1.165, 1.54) is 0 Å². The van der Waals surface area contributed by atoms with Gasteiger partial charge in [0.25, 0.3) is 0 Å². The van der Waals surface area contributed by atoms with E-state index in [9.17, 15) is 4.79 Å². The lowest BCUT2D eigenvalue weighted by atomic mass is 9.80. The molecule has 2 rings (SSSR count). The van der Waals surface area contributed by atoms with Gasteiger partial charge in [-0.1, -0.05) is 19.1 Å². The van der Waals surface area contributed by atoms with Crippen molar-refractivity contribution in [3.05, 3.63) is 12.2 Å². The molecule has 0 aliphatic heterocycles. The van der Waals surface area contributed by atoms with Crippen molar-refractivity contribution in [1.29, 1.82) is 0 Å². The average molecular weight is 171 g/mol. The number of allylic oxidation sites excluding steroid dienone is 2. The van der Waals surface area contributed by atoms with Gasteiger partial charge >= 0.3 is 0 Å². The first-order valence-corrected chi connectivity index (χ1v) is 4.42. The molecule has 2 bridgehead atoms. The maximum Gasteiger partial charge on any atom is 0.231 e. The molecule has 1 saturated carbocycles. The third-order valence-electron chi connectivity index (χ3n) is 3.17. The van der Waals surface area contributed by atoms with Crippen molar-refractivity contribution in [3.8, 4) is 0 Å². The number of hydrogen-bond donors (Lipinski definition) is 0. The molecule has 0 N–H and O–H groups in total. The van der Waals surface area contributed by atoms with Gasteiger partial charge in [-0.2, -0.15) is 0 Å². The minimum Gasteiger partial charge on any atom is -0.280 e. The van der Waals surface area contributed by atoms with E-state index in [1.54, 1.807) is 0 Å². The molecule has 0 aromatic rings. The topological polar surface area (TPSA) is 17.1 Å². The fourth-order valence-electron chi connectivity index (χ4n) is 2.41. The van der Waals surface area contributed by atoms with Crippen LogP contribution in [-0.2, 0) is 4.79 Å². The van der Waals surface area contributed by atoms with Gasteiger partial charge in [0.05, 0.1) is 5.41 Å². The van der Waals surface area contributed by atoms with Crippen molar-refractivity contribution in [2.75, 3.05) is 0 Å². The van der Waals surface area contributed by atoms with Crippen LogP contribution in [0.4, 0.5) is 0 Å². The quantitative estimate of drug-likeness (QED) is 0.436. The van der Waals surface area contributed by atoms with Crippen LogP contribution < -0.4 is 0 Å². The largest absolute Gasteiger partial charge is 0.280 e. The molecule has 2 aliphatic carbocycles. The number of carbonyl (C=O) groups is 1. The number of rotatable bonds is 1. The summed E-state index contributed by atoms with van der Waals surface area (Å²) in [6.07, 6.45) is 6.24. The Morgan fingerprint density at radius 3 is 2.73 bits per heavy atom. The van der Waals surface area contributed by atoms with Crippen molar-refractivity contribution in [1.82, 2.24) is 0 Å². The standard InChI is InChI=1S/C9H11ClO/c1-6-4-7-2-3-9(6,5-7)8(10)11/h2-3,6-7H,4-5H2,1H3. The van der Waals surface area contributed by atoms with Crippen LogP contribution in [0.15, 0.2) is 12.2 Å². The van der Waals surface area contributed by atoms with Crippen LogP contribution in [0.2, 0.25) is 0 Å². The van der Waals surface area contributed by atoms with Crippen LogP contribution in [0.25, 0.3) is 0 Å². The fraction of sp³-hybridized carbons (Fsp3) is 0.667. The first-order valence-electron chi connectivity index (χ1n) is 4.04. The molecule has 1 fully saturated rings. The van der Waals surface area contributed by atoms with E-state index >= 15 is 0 Å². The van der Waals surface area contributed by atoms with E-state index in [0.717, 1.165) is 12.8 Å². The molecule has 3 unspecified atom stereocenters. The van der Waals surface area contributed by atoms with Crippen molar-refractivity contribution >= 4 is 16.8 Å². The zero-order chi connectivity index (χ0) is 8.06. The summed E-state index contributed by atoms with van der Waals surface area (Å²) in [7, 11) is 0. The summed E-state index contributed by atoms with van der Waals surface area (Å²) in [5.74, 6) is 1.06. The predicted octanol–water partition coefficient (Wildman–Crippen LogP) is 2.35. The number of carbonyl (C=O) groups excluding carboxylic acids is 1. The Hall–Kier alpha value is -0.300. The maximum absolute atomic E-state index is 11.2. The smallest absolute Gasteiger partial charge is 0.231 e. The monoisotopic (exact) mass is 170 g/mol. The van der Waals surface area contributed by atoms with E-state index in [0.29, 0.717) is 11.8 Å². The Balaban J connectivity index is 2.38. The second-order valence-electron chi connectivity index (χ2n) is 3.77. The Morgan fingerprint density at radius 2 is 2.45 bits per heavy atom. The van der Waals surface area contributed by atoms with Crippen molar-refractivity contribution < 1.29 is 4.79 Å². The highest BCUT2D eigenvalue weighted by atomic mass is 35.5. The number of hydrogen-bond acceptors (Lipinski definition) is 1. The molecule has 3 atom stereocenters. The molecule has 0 radical (unpaired) electrons. The van der Waals surface area contributed by atoms with Crippen molar-refractivity contribution in [3.63, 3.8) is 0 Å². The Morgan fingerprint density at radius 1 is 1.73 bits per heavy atom. The highest BCUT2D eigenvalue weighted by molar-refractivity contribution is 6.65. The molecule has 0 heterocycles. The van der Waals surface area contributed by atoms with Gasteiger partial charge < -0.3 is 0 Å². The molecule has 2 aliphatic rings. The zero-order valence-corrected chi connectivity index (χ0v) is 7.27. The molecular weight excluding hydrogens is 160 g/mol. The normalized spacial score (nSPS) is 46.7. The maximum atomic E-state index is 11.2. The predicted molar refractivity (Wildman–Crippen MR) is 44.3 cm³/mol. The van der Waals surface area contributed by atoms with Crippen LogP contribution in [0.1, 0.15) is 19.8 Å². The van der Waals surface area contributed by atoms with Gasteiger partial charge in [0, 0.05) is 0 Å². The lowest BCUT2D eigenvalue weighted by molar-refractivity contribution is -0.119. The highest BCUT2D eigenvalue weighted by Crippen LogP contribution is 2.54. The van der Waals surface area contributed by atoms with E-state index in [-0.39, 0.29) is 10.7 Å². The van der Waals surface area contributed by atoms with Crippen molar-refractivity contribution in [2.45, 2.75) is 19.8 Å². The lowest BCUT2D eigenvalue weighted by Crippen LogP contribution is -2.27. The molecule has 0 spiro atoms. The Kier molecular flexibility index (Phi) is 1.40. The van der Waals surface area contributed by atoms with Gasteiger partial charge in [0.2, 0.25) is 5.24 Å². The highest BCUT2D eigenvalue weighted by Gasteiger charge is 2.50. The molecule has 11 heavy (non-hydrogen) atoms. The van der Waals surface area contributed by atoms with Crippen LogP contribution in [-0.4, -0.2) is 5.24 Å². The summed E-state index contributed by atoms with van der Waals surface area (Å²) in [5, 5.41) is -0.166. The molecule has 0 aromatic heterocycles. The van der Waals surface area contributed by atoms with Crippen LogP contribution in [0.3, 0.4) is 0 Å². The number of fused-ring (bicyclic) bond motifs is 2. The Labute approximate surface area is 71.4 Å². The minimum absolute atomic E-state index is 0.166. The molecule has 0 amide bonds. The SMILES string of the molecule is CC1CC2C=CC1(C(=O)Cl)C2. The van der Waals surface area contributed by atoms with Crippen molar-refractivity contribution in [2.24, 2.45) is 17.3 Å². The van der Waals surface area contributed by atoms with Gasteiger partial charge in [0.15, 0.2) is 0 Å². The summed E-state index contributed by atoms with van der Waals surface area (Å²) in [6, 6.07) is 0. The lowest BCUT2D eigenvalue weighted by Gasteiger charge is -2.24. The summed E-state index contributed by atoms with van der Waals surface area (Å²) in [6.45, 7) is 2.11. The first kappa shape index (κ1) is 7.35. The summed E-state index contributed by atoms with van der Waals surface area (Å²) in [5.41, 5.74) is -0.285. The van der Waals surface area contributed by atoms with Gasteiger partial charge in [-0.15, -0.1) is 0 Å². The van der Waals surface area contributed by atoms with Crippen LogP contribution >= 0.6 is 11.6 Å². The average Bonchev–Trinajstić information content (AvgIpc) is 2.43. The first-order chi connectivity index (χ1) is 5.15. The molecule has 1 nitrogen and oxygen atoms in total. The van der Waals surface area contributed by atoms with E-state index in [4.69, 9.17) is 11.6 Å². The second-order valence-corrected chi connectivity index (χ2v) is 4.12. The van der Waals surface area contributed by atoms with E-state index in [2.05, 4.69) is 13.0 Å². The number of halogens is 1. The third-order valence-corrected chi connectivity index (χ3v) is 3.52. The van der Waals surface area contributed by atoms with Gasteiger partial charge in [0.1, 0.15) is 0 Å². The van der Waals surface area contributed by atoms with E-state index < -0.39 is 0 Å². The molecule has 60 valence electrons. The van der Waals surface area contributed by atoms with Gasteiger partial charge in [-0.25, -0.2) is 0 Å². The van der Waals surface area contributed by atoms with Gasteiger partial charge in [-0.3, -0.25) is 4.79 Å². The van der Waals surface area contributed by atoms with Crippen LogP contribution in [0.5, 0.6) is 0 Å². The third kappa shape index (κ3) is 0.807.